The van der Waals surface area contributed by atoms with Crippen molar-refractivity contribution in [3.05, 3.63) is 18.5 Å². The first-order chi connectivity index (χ1) is 9.45. The Morgan fingerprint density at radius 1 is 1.50 bits per heavy atom. The van der Waals surface area contributed by atoms with E-state index in [0.717, 1.165) is 4.31 Å². The van der Waals surface area contributed by atoms with Crippen LogP contribution in [0.1, 0.15) is 12.8 Å². The van der Waals surface area contributed by atoms with Crippen LogP contribution in [0.4, 0.5) is 0 Å². The van der Waals surface area contributed by atoms with Gasteiger partial charge in [-0.1, -0.05) is 0 Å². The number of hydrogen-bond acceptors (Lipinski definition) is 5. The highest BCUT2D eigenvalue weighted by Gasteiger charge is 2.17. The second-order valence-corrected chi connectivity index (χ2v) is 6.03. The molecule has 0 fully saturated rings. The number of esters is 1. The van der Waals surface area contributed by atoms with E-state index in [1.807, 2.05) is 12.3 Å². The topological polar surface area (TPSA) is 93.5 Å². The maximum atomic E-state index is 11.8. The number of aromatic nitrogens is 2. The lowest BCUT2D eigenvalue weighted by Crippen LogP contribution is -2.39. The predicted molar refractivity (Wildman–Crippen MR) is 73.0 cm³/mol. The number of carbonyl (C=O) groups excluding carboxylic acids is 1. The number of nitrogens with one attached hydrogen (secondary N) is 1. The lowest BCUT2D eigenvalue weighted by molar-refractivity contribution is -0.140. The fourth-order valence-corrected chi connectivity index (χ4v) is 2.41. The van der Waals surface area contributed by atoms with Gasteiger partial charge in [-0.25, -0.2) is 4.72 Å². The molecule has 0 saturated carbocycles. The normalized spacial score (nSPS) is 11.8. The summed E-state index contributed by atoms with van der Waals surface area (Å²) < 4.78 is 33.4. The van der Waals surface area contributed by atoms with Gasteiger partial charge < -0.3 is 4.74 Å². The summed E-state index contributed by atoms with van der Waals surface area (Å²) >= 11 is 0. The van der Waals surface area contributed by atoms with Crippen molar-refractivity contribution in [3.8, 4) is 0 Å². The van der Waals surface area contributed by atoms with Gasteiger partial charge in [-0.15, -0.1) is 0 Å². The predicted octanol–water partition coefficient (Wildman–Crippen LogP) is -0.397. The summed E-state index contributed by atoms with van der Waals surface area (Å²) in [6.07, 6.45) is 4.15. The third kappa shape index (κ3) is 5.68. The summed E-state index contributed by atoms with van der Waals surface area (Å²) in [4.78, 5) is 11.0. The van der Waals surface area contributed by atoms with Crippen LogP contribution in [0.2, 0.25) is 0 Å². The van der Waals surface area contributed by atoms with Crippen LogP contribution in [0.3, 0.4) is 0 Å². The Morgan fingerprint density at radius 2 is 2.25 bits per heavy atom. The molecule has 0 radical (unpaired) electrons. The molecule has 0 aliphatic heterocycles. The van der Waals surface area contributed by atoms with Crippen LogP contribution >= 0.6 is 0 Å². The number of rotatable bonds is 9. The molecule has 0 amide bonds. The van der Waals surface area contributed by atoms with E-state index in [4.69, 9.17) is 0 Å². The molecule has 1 rings (SSSR count). The summed E-state index contributed by atoms with van der Waals surface area (Å²) in [7, 11) is -0.876. The molecule has 0 atom stereocenters. The van der Waals surface area contributed by atoms with E-state index in [1.165, 1.54) is 14.2 Å². The fourth-order valence-electron chi connectivity index (χ4n) is 1.46. The molecule has 0 aromatic carbocycles. The average Bonchev–Trinajstić information content (AvgIpc) is 2.93. The van der Waals surface area contributed by atoms with Gasteiger partial charge in [0.15, 0.2) is 0 Å². The number of ether oxygens (including phenoxy) is 1. The molecule has 1 N–H and O–H groups in total. The zero-order valence-electron chi connectivity index (χ0n) is 11.7. The highest BCUT2D eigenvalue weighted by molar-refractivity contribution is 7.87. The third-order valence-corrected chi connectivity index (χ3v) is 4.25. The van der Waals surface area contributed by atoms with Gasteiger partial charge in [-0.05, 0) is 12.5 Å². The Balaban J connectivity index is 2.27. The first-order valence-electron chi connectivity index (χ1n) is 6.21. The number of hydrogen-bond donors (Lipinski definition) is 1. The number of nitrogens with zero attached hydrogens (tertiary/aromatic N) is 3. The fraction of sp³-hybridized carbons (Fsp3) is 0.636. The zero-order chi connectivity index (χ0) is 15.0. The quantitative estimate of drug-likeness (QED) is 0.495. The molecule has 0 aliphatic rings. The smallest absolute Gasteiger partial charge is 0.306 e. The van der Waals surface area contributed by atoms with Crippen LogP contribution in [0, 0.1) is 0 Å². The van der Waals surface area contributed by atoms with Crippen molar-refractivity contribution >= 4 is 16.2 Å². The second kappa shape index (κ2) is 7.98. The van der Waals surface area contributed by atoms with Crippen LogP contribution in [0.15, 0.2) is 18.5 Å². The molecular weight excluding hydrogens is 284 g/mol. The third-order valence-electron chi connectivity index (χ3n) is 2.68. The molecule has 0 saturated heterocycles. The first kappa shape index (κ1) is 16.6. The molecule has 0 unspecified atom stereocenters. The van der Waals surface area contributed by atoms with Crippen LogP contribution in [-0.4, -0.2) is 55.7 Å². The van der Waals surface area contributed by atoms with Crippen molar-refractivity contribution in [2.24, 2.45) is 0 Å². The highest BCUT2D eigenvalue weighted by atomic mass is 32.2. The van der Waals surface area contributed by atoms with Crippen molar-refractivity contribution in [1.82, 2.24) is 18.8 Å². The van der Waals surface area contributed by atoms with Gasteiger partial charge in [0, 0.05) is 39.1 Å². The average molecular weight is 304 g/mol. The molecule has 1 aromatic rings. The number of methoxy groups -OCH3 is 1. The molecule has 0 spiro atoms. The maximum absolute atomic E-state index is 11.8. The van der Waals surface area contributed by atoms with E-state index >= 15 is 0 Å². The van der Waals surface area contributed by atoms with E-state index in [-0.39, 0.29) is 13.0 Å². The summed E-state index contributed by atoms with van der Waals surface area (Å²) in [5, 5.41) is 4.02. The molecule has 1 aromatic heterocycles. The lowest BCUT2D eigenvalue weighted by atomic mass is 10.4. The van der Waals surface area contributed by atoms with Gasteiger partial charge in [0.05, 0.1) is 13.5 Å². The molecule has 9 heteroatoms. The Morgan fingerprint density at radius 3 is 2.85 bits per heavy atom. The van der Waals surface area contributed by atoms with Crippen molar-refractivity contribution in [2.75, 3.05) is 27.2 Å². The number of carbonyl (C=O) groups is 1. The molecular formula is C11H20N4O4S. The maximum Gasteiger partial charge on any atom is 0.306 e. The van der Waals surface area contributed by atoms with Crippen LogP contribution in [0.5, 0.6) is 0 Å². The van der Waals surface area contributed by atoms with Crippen LogP contribution in [-0.2, 0) is 26.3 Å². The molecule has 20 heavy (non-hydrogen) atoms. The number of aryl methyl sites for hydroxylation is 1. The summed E-state index contributed by atoms with van der Waals surface area (Å²) in [6.45, 7) is 1.04. The first-order valence-corrected chi connectivity index (χ1v) is 7.65. The zero-order valence-corrected chi connectivity index (χ0v) is 12.5. The van der Waals surface area contributed by atoms with Gasteiger partial charge in [0.25, 0.3) is 10.2 Å². The lowest BCUT2D eigenvalue weighted by Gasteiger charge is -2.17. The highest BCUT2D eigenvalue weighted by Crippen LogP contribution is 1.97. The summed E-state index contributed by atoms with van der Waals surface area (Å²) in [5.41, 5.74) is 0. The van der Waals surface area contributed by atoms with Crippen molar-refractivity contribution in [2.45, 2.75) is 19.4 Å². The van der Waals surface area contributed by atoms with Gasteiger partial charge in [-0.3, -0.25) is 9.48 Å². The minimum atomic E-state index is -3.56. The van der Waals surface area contributed by atoms with Gasteiger partial charge in [-0.2, -0.15) is 17.8 Å². The summed E-state index contributed by atoms with van der Waals surface area (Å²) in [5.74, 6) is -0.439. The molecule has 0 aliphatic carbocycles. The molecule has 0 bridgehead atoms. The van der Waals surface area contributed by atoms with Crippen molar-refractivity contribution < 1.29 is 17.9 Å². The monoisotopic (exact) mass is 304 g/mol. The SMILES string of the molecule is COC(=O)CCN(C)S(=O)(=O)NCCCn1cccn1. The van der Waals surface area contributed by atoms with Crippen LogP contribution in [0.25, 0.3) is 0 Å². The molecule has 8 nitrogen and oxygen atoms in total. The van der Waals surface area contributed by atoms with Gasteiger partial charge >= 0.3 is 5.97 Å². The van der Waals surface area contributed by atoms with Gasteiger partial charge in [0.2, 0.25) is 0 Å². The Hall–Kier alpha value is -1.45. The van der Waals surface area contributed by atoms with E-state index in [1.54, 1.807) is 10.9 Å². The molecule has 114 valence electrons. The van der Waals surface area contributed by atoms with E-state index < -0.39 is 16.2 Å². The minimum absolute atomic E-state index is 0.0290. The van der Waals surface area contributed by atoms with Crippen molar-refractivity contribution in [1.29, 1.82) is 0 Å². The molecule has 1 heterocycles. The standard InChI is InChI=1S/C11H20N4O4S/c1-14(10-5-11(16)19-2)20(17,18)13-7-4-9-15-8-3-6-12-15/h3,6,8,13H,4-5,7,9-10H2,1-2H3. The van der Waals surface area contributed by atoms with E-state index in [2.05, 4.69) is 14.6 Å². The largest absolute Gasteiger partial charge is 0.469 e. The second-order valence-electron chi connectivity index (χ2n) is 4.17. The van der Waals surface area contributed by atoms with Gasteiger partial charge in [0.1, 0.15) is 0 Å². The minimum Gasteiger partial charge on any atom is -0.469 e. The van der Waals surface area contributed by atoms with Crippen LogP contribution < -0.4 is 4.72 Å². The van der Waals surface area contributed by atoms with E-state index in [0.29, 0.717) is 19.5 Å². The Labute approximate surface area is 118 Å². The van der Waals surface area contributed by atoms with Crippen molar-refractivity contribution in [3.63, 3.8) is 0 Å². The Bertz CT molecular complexity index is 501. The van der Waals surface area contributed by atoms with E-state index in [9.17, 15) is 13.2 Å². The Kier molecular flexibility index (Phi) is 6.62. The summed E-state index contributed by atoms with van der Waals surface area (Å²) in [6, 6.07) is 1.81.